The first-order chi connectivity index (χ1) is 63.3. The van der Waals surface area contributed by atoms with E-state index < -0.39 is 537 Å². The van der Waals surface area contributed by atoms with Crippen LogP contribution in [0.25, 0.3) is 0 Å². The van der Waals surface area contributed by atoms with Crippen molar-refractivity contribution in [3.05, 3.63) is 0 Å². The molecule has 139 heteroatoms. The van der Waals surface area contributed by atoms with E-state index in [1.807, 2.05) is 0 Å². The van der Waals surface area contributed by atoms with E-state index in [9.17, 15) is 0 Å². The molecule has 0 aromatic rings. The van der Waals surface area contributed by atoms with Crippen LogP contribution in [0, 0.1) is 0 Å². The molecule has 0 aliphatic heterocycles. The normalized spacial score (nSPS) is 19.2. The molecule has 0 rings (SSSR count). The second kappa shape index (κ2) is 145. The van der Waals surface area contributed by atoms with Gasteiger partial charge in [-0.15, -0.1) is 0 Å². The second-order valence-corrected chi connectivity index (χ2v) is 3340. The van der Waals surface area contributed by atoms with Crippen LogP contribution in [0.5, 0.6) is 0 Å². The average Bonchev–Trinajstić information content (AvgIpc) is 0.810. The average molecular weight is 17600 g/mol. The summed E-state index contributed by atoms with van der Waals surface area (Å²) < 4.78 is 0. The molecule has 0 unspecified atom stereocenters. The van der Waals surface area contributed by atoms with Crippen LogP contribution in [0.3, 0.4) is 0 Å². The Morgan fingerprint density at radius 2 is 0.108 bits per heavy atom. The molecule has 0 aromatic carbocycles. The molecule has 0 radical (unpaired) electrons. The summed E-state index contributed by atoms with van der Waals surface area (Å²) >= 11 is 241. The Hall–Kier alpha value is 101. The zero-order chi connectivity index (χ0) is 110. The van der Waals surface area contributed by atoms with Gasteiger partial charge in [0.25, 0.3) is 0 Å². The van der Waals surface area contributed by atoms with Gasteiger partial charge in [-0.3, -0.25) is 0 Å². The van der Waals surface area contributed by atoms with E-state index in [0.29, 0.717) is 13.3 Å². The van der Waals surface area contributed by atoms with Crippen molar-refractivity contribution in [1.82, 2.24) is 0 Å². The van der Waals surface area contributed by atoms with Gasteiger partial charge in [-0.1, -0.05) is 0 Å². The topological polar surface area (TPSA) is 0 Å². The first kappa shape index (κ1) is 240. The molecule has 0 fully saturated rings. The number of rotatable bonds is 68. The maximum atomic E-state index is 3.51. The summed E-state index contributed by atoms with van der Waals surface area (Å²) in [7, 11) is -43.5. The van der Waals surface area contributed by atoms with Crippen molar-refractivity contribution < 1.29 is 13.3 Å². The molecule has 974 valence electrons. The SMILES string of the molecule is I[I-]I(I)I(I)I(I)I(I)I(I)I(I)I(I)I(I)I(I)I(I)I(I)I(I)I(I)I(I)I(I)I(I)I(I)I(I)I(I)I(I)I(I)I(I)I(I)I(I)I(I)I(I)I(I)I(I)I(I)I(I)I(I)I(I)I(I)I(I)I(I)I(I)I(I)I(I)I(I)I(I)I(I)I(I)I(I)I(I)I(I)I(I)I(I)I(I)I(I)I(I)I(I)I(I)I(I)I(I)I(I)I(I)I(I)I(I)I(I)I(I)I(I)I(I)I(I)I(I)I(I)I(I)I(I)I(I)I. The third-order valence-electron chi connectivity index (χ3n) is 5.51. The fourth-order valence-corrected chi connectivity index (χ4v) is 27900. The Bertz CT molecular complexity index is 2870. The monoisotopic (exact) mass is 17600 g/mol. The van der Waals surface area contributed by atoms with Gasteiger partial charge in [0.05, 0.1) is 0 Å². The van der Waals surface area contributed by atoms with Crippen LogP contribution in [0.2, 0.25) is 0 Å². The molecule has 139 heavy (non-hydrogen) atoms. The van der Waals surface area contributed by atoms with Gasteiger partial charge in [-0.05, 0) is 0 Å². The van der Waals surface area contributed by atoms with Gasteiger partial charge >= 0.3 is 1850 Å². The van der Waals surface area contributed by atoms with Crippen LogP contribution in [0.4, 0.5) is 0 Å². The van der Waals surface area contributed by atoms with Crippen molar-refractivity contribution in [3.8, 4) is 0 Å². The van der Waals surface area contributed by atoms with Crippen LogP contribution < -0.4 is 13.3 Å². The van der Waals surface area contributed by atoms with Gasteiger partial charge in [0.15, 0.2) is 0 Å². The van der Waals surface area contributed by atoms with Crippen molar-refractivity contribution >= 4 is 1840 Å². The number of halogens is 139. The quantitative estimate of drug-likeness (QED) is 0.0533. The zero-order valence-corrected chi connectivity index (χ0v) is 352. The molecule has 0 bridgehead atoms. The molecule has 0 atom stereocenters. The Balaban J connectivity index is 6.00. The third kappa shape index (κ3) is 97.9. The first-order valence-electron chi connectivity index (χ1n) is 19.7. The summed E-state index contributed by atoms with van der Waals surface area (Å²) in [5.41, 5.74) is 0. The summed E-state index contributed by atoms with van der Waals surface area (Å²) in [4.78, 5) is 0. The van der Waals surface area contributed by atoms with Gasteiger partial charge < -0.3 is 0 Å². The Labute approximate surface area is 1740 Å². The molecular weight excluding hydrogens is 17600 g/mol. The summed E-state index contributed by atoms with van der Waals surface area (Å²) in [5.74, 6) is 0. The number of hydrogen-bond donors (Lipinski definition) is 0. The van der Waals surface area contributed by atoms with Crippen LogP contribution >= 0.6 is 1840 Å². The van der Waals surface area contributed by atoms with Gasteiger partial charge in [-0.25, -0.2) is 0 Å². The van der Waals surface area contributed by atoms with E-state index in [2.05, 4.69) is 1300 Å². The molecule has 0 aliphatic carbocycles. The predicted octanol–water partition coefficient (Wildman–Crippen LogP) is 119. The summed E-state index contributed by atoms with van der Waals surface area (Å²) in [6, 6.07) is 0. The van der Waals surface area contributed by atoms with Gasteiger partial charge in [0, 0.05) is 0 Å². The Kier molecular flexibility index (Phi) is 251. The Morgan fingerprint density at radius 1 is 0.0647 bits per heavy atom. The minimum atomic E-state index is -0.687. The standard InChI is InChI=1S/I139/c1-71-73(4)75(6)77(8)79(10)81(12)83(14)85(16)87(18)89(20)91(22)93(24)95(26)97(28)99(30)101(32)103(34)105(36)107(38)109(40)111(42)113(44)115(46)117(48)119(50)121(52)123(54)125(56)127(58)129(60)131(62)133(64)135(66)137(68)139(70)138(69)136(67)134(65)132(63)130(61)128(59)126(57)124(55)122(53)120(51)118(49)116(47)114(45)112(43)110(41)108(39)106(37)104(35)102(33)100(31)98(29)96(27)94(25)92(23)90(21)88(19)86(17)84(15)82(13)80(11)78(9)76(7)74(5)72(2)3/q-1. The van der Waals surface area contributed by atoms with E-state index in [1.54, 1.807) is 0 Å². The van der Waals surface area contributed by atoms with Crippen LogP contribution in [-0.2, 0) is 0 Å². The van der Waals surface area contributed by atoms with E-state index in [-0.39, 0.29) is 0 Å². The maximum absolute atomic E-state index is 3.51. The molecule has 0 N–H and O–H groups in total. The first-order valence-corrected chi connectivity index (χ1v) is 887. The number of hydrogen-bond acceptors (Lipinski definition) is 0. The fraction of sp³-hybridized carbons (Fsp3) is 0. The van der Waals surface area contributed by atoms with E-state index in [0.717, 1.165) is 0 Å². The van der Waals surface area contributed by atoms with Crippen LogP contribution in [-0.4, -0.2) is 0 Å². The van der Waals surface area contributed by atoms with Crippen molar-refractivity contribution in [2.45, 2.75) is 0 Å². The van der Waals surface area contributed by atoms with E-state index in [1.165, 1.54) is 0 Å². The minimum absolute atomic E-state index is 0.430. The zero-order valence-electron chi connectivity index (χ0n) is 52.5. The van der Waals surface area contributed by atoms with Gasteiger partial charge in [0.2, 0.25) is 0 Å². The molecule has 0 saturated carbocycles. The molecule has 0 aliphatic rings. The van der Waals surface area contributed by atoms with Crippen LogP contribution in [0.15, 0.2) is 0 Å². The van der Waals surface area contributed by atoms with Crippen molar-refractivity contribution in [1.29, 1.82) is 0 Å². The Morgan fingerprint density at radius 3 is 0.151 bits per heavy atom. The summed E-state index contributed by atoms with van der Waals surface area (Å²) in [6.45, 7) is 0. The summed E-state index contributed by atoms with van der Waals surface area (Å²) in [5, 5.41) is 0. The molecule has 0 amide bonds. The van der Waals surface area contributed by atoms with Crippen molar-refractivity contribution in [2.75, 3.05) is 0 Å². The fourth-order valence-electron chi connectivity index (χ4n) is 2.05. The van der Waals surface area contributed by atoms with E-state index >= 15 is 0 Å². The molecule has 0 heterocycles. The molecular formula is I139-. The van der Waals surface area contributed by atoms with Gasteiger partial charge in [-0.2, -0.15) is 0 Å². The molecule has 0 aromatic heterocycles. The van der Waals surface area contributed by atoms with E-state index in [4.69, 9.17) is 0 Å². The molecule has 0 saturated heterocycles. The van der Waals surface area contributed by atoms with Crippen molar-refractivity contribution in [2.24, 2.45) is 0 Å². The molecule has 0 nitrogen and oxygen atoms in total. The predicted molar refractivity (Wildman–Crippen MR) is 1930 cm³/mol. The van der Waals surface area contributed by atoms with Crippen molar-refractivity contribution in [3.63, 3.8) is 0 Å². The molecule has 0 spiro atoms. The van der Waals surface area contributed by atoms with Gasteiger partial charge in [0.1, 0.15) is 0 Å². The third-order valence-corrected chi connectivity index (χ3v) is 11200. The summed E-state index contributed by atoms with van der Waals surface area (Å²) in [6.07, 6.45) is 0. The van der Waals surface area contributed by atoms with Crippen LogP contribution in [0.1, 0.15) is 0 Å². The second-order valence-electron chi connectivity index (χ2n) is 11.1.